The Labute approximate surface area is 249 Å². The molecule has 0 bridgehead atoms. The normalized spacial score (nSPS) is 11.9. The molecule has 0 amide bonds. The summed E-state index contributed by atoms with van der Waals surface area (Å²) < 4.78 is 86.0. The second-order valence-corrected chi connectivity index (χ2v) is 11.6. The van der Waals surface area contributed by atoms with Gasteiger partial charge in [-0.3, -0.25) is 4.39 Å². The molecule has 0 atom stereocenters. The van der Waals surface area contributed by atoms with E-state index in [0.29, 0.717) is 27.7 Å². The van der Waals surface area contributed by atoms with Gasteiger partial charge in [-0.15, -0.1) is 13.2 Å². The Balaban J connectivity index is 1.85. The van der Waals surface area contributed by atoms with Gasteiger partial charge < -0.3 is 8.75 Å². The van der Waals surface area contributed by atoms with Gasteiger partial charge in [0.2, 0.25) is 0 Å². The molecule has 4 aromatic rings. The molecule has 2 aromatic carbocycles. The Hall–Kier alpha value is -3.19. The highest BCUT2D eigenvalue weighted by molar-refractivity contribution is 7.87. The van der Waals surface area contributed by atoms with Gasteiger partial charge in [-0.25, -0.2) is 9.88 Å². The van der Waals surface area contributed by atoms with Gasteiger partial charge in [-0.2, -0.15) is 8.42 Å². The molecule has 0 aliphatic carbocycles. The van der Waals surface area contributed by atoms with Crippen LogP contribution in [0.25, 0.3) is 16.9 Å². The summed E-state index contributed by atoms with van der Waals surface area (Å²) in [6.07, 6.45) is -3.86. The summed E-state index contributed by atoms with van der Waals surface area (Å²) in [6, 6.07) is 16.1. The summed E-state index contributed by atoms with van der Waals surface area (Å²) in [7, 11) is -4.01. The summed E-state index contributed by atoms with van der Waals surface area (Å²) in [5, 5.41) is 0.600. The third-order valence-electron chi connectivity index (χ3n) is 5.87. The van der Waals surface area contributed by atoms with Crippen molar-refractivity contribution in [2.75, 3.05) is 17.3 Å². The molecule has 2 heterocycles. The van der Waals surface area contributed by atoms with Gasteiger partial charge >= 0.3 is 16.4 Å². The molecule has 0 N–H and O–H groups in total. The van der Waals surface area contributed by atoms with Gasteiger partial charge in [-0.1, -0.05) is 41.5 Å². The maximum Gasteiger partial charge on any atom is 0.491 e. The van der Waals surface area contributed by atoms with Gasteiger partial charge in [0, 0.05) is 33.7 Å². The minimum atomic E-state index is -4.88. The lowest BCUT2D eigenvalue weighted by Crippen LogP contribution is -2.43. The van der Waals surface area contributed by atoms with E-state index in [0.717, 1.165) is 0 Å². The van der Waals surface area contributed by atoms with Crippen molar-refractivity contribution in [3.05, 3.63) is 94.2 Å². The van der Waals surface area contributed by atoms with Crippen LogP contribution in [0.15, 0.2) is 72.9 Å². The fraction of sp³-hybridized carbons (Fsp3) is 0.185. The number of pyridine rings is 1. The van der Waals surface area contributed by atoms with Crippen molar-refractivity contribution >= 4 is 56.3 Å². The number of aromatic nitrogens is 2. The fourth-order valence-electron chi connectivity index (χ4n) is 4.08. The van der Waals surface area contributed by atoms with Crippen LogP contribution in [0.4, 0.5) is 23.4 Å². The standard InChI is InChI=1S/C27H21Cl2F4N3O3S2/c1-17-22(26(40)36(27(31,32)33)25-5-2-3-13-34-25)16-24(21-11-6-18(28)15-23(21)29)35(17)19-7-9-20(10-8-19)39-41(37,38)14-4-12-30/h2-3,5-11,13,15-16H,4,12,14H2,1H3. The monoisotopic (exact) mass is 645 g/mol. The molecular weight excluding hydrogens is 625 g/mol. The van der Waals surface area contributed by atoms with Crippen LogP contribution in [0.2, 0.25) is 10.0 Å². The molecule has 0 saturated heterocycles. The highest BCUT2D eigenvalue weighted by atomic mass is 35.5. The third-order valence-corrected chi connectivity index (χ3v) is 8.05. The zero-order valence-corrected chi connectivity index (χ0v) is 24.3. The maximum absolute atomic E-state index is 14.3. The highest BCUT2D eigenvalue weighted by Crippen LogP contribution is 2.38. The molecule has 14 heteroatoms. The van der Waals surface area contributed by atoms with Crippen LogP contribution in [0, 0.1) is 6.92 Å². The number of alkyl halides is 4. The van der Waals surface area contributed by atoms with Crippen LogP contribution in [-0.2, 0) is 10.1 Å². The number of rotatable bonds is 9. The molecule has 0 radical (unpaired) electrons. The predicted molar refractivity (Wildman–Crippen MR) is 155 cm³/mol. The van der Waals surface area contributed by atoms with Crippen LogP contribution >= 0.6 is 35.4 Å². The first-order valence-electron chi connectivity index (χ1n) is 11.9. The van der Waals surface area contributed by atoms with Gasteiger partial charge in [0.25, 0.3) is 0 Å². The van der Waals surface area contributed by atoms with E-state index >= 15 is 0 Å². The molecule has 216 valence electrons. The van der Waals surface area contributed by atoms with Crippen LogP contribution in [0.1, 0.15) is 17.7 Å². The van der Waals surface area contributed by atoms with Crippen LogP contribution in [0.3, 0.4) is 0 Å². The van der Waals surface area contributed by atoms with E-state index in [1.807, 2.05) is 0 Å². The molecule has 0 spiro atoms. The van der Waals surface area contributed by atoms with E-state index in [9.17, 15) is 26.0 Å². The lowest BCUT2D eigenvalue weighted by molar-refractivity contribution is -0.118. The number of hydrogen-bond donors (Lipinski definition) is 0. The third kappa shape index (κ3) is 7.00. The second kappa shape index (κ2) is 12.4. The Bertz CT molecular complexity index is 1660. The smallest absolute Gasteiger partial charge is 0.382 e. The van der Waals surface area contributed by atoms with Crippen LogP contribution in [0.5, 0.6) is 5.75 Å². The number of halogens is 6. The SMILES string of the molecule is Cc1c(C(=S)N(c2ccccn2)C(F)(F)F)cc(-c2ccc(Cl)cc2Cl)n1-c1ccc(OS(=O)(=O)CCCF)cc1. The Morgan fingerprint density at radius 2 is 1.78 bits per heavy atom. The molecule has 4 rings (SSSR count). The first-order valence-corrected chi connectivity index (χ1v) is 14.6. The Morgan fingerprint density at radius 3 is 2.37 bits per heavy atom. The van der Waals surface area contributed by atoms with E-state index in [2.05, 4.69) is 4.98 Å². The number of anilines is 1. The van der Waals surface area contributed by atoms with Crippen molar-refractivity contribution in [2.24, 2.45) is 0 Å². The molecule has 0 saturated carbocycles. The van der Waals surface area contributed by atoms with Crippen molar-refractivity contribution in [2.45, 2.75) is 19.6 Å². The van der Waals surface area contributed by atoms with E-state index in [-0.39, 0.29) is 27.7 Å². The summed E-state index contributed by atoms with van der Waals surface area (Å²) in [4.78, 5) is 3.31. The average molecular weight is 647 g/mol. The predicted octanol–water partition coefficient (Wildman–Crippen LogP) is 7.92. The van der Waals surface area contributed by atoms with E-state index in [1.165, 1.54) is 60.8 Å². The molecule has 6 nitrogen and oxygen atoms in total. The quantitative estimate of drug-likeness (QED) is 0.0797. The minimum absolute atomic E-state index is 0.0154. The molecular formula is C27H21Cl2F4N3O3S2. The van der Waals surface area contributed by atoms with Crippen molar-refractivity contribution in [3.8, 4) is 22.7 Å². The van der Waals surface area contributed by atoms with Gasteiger partial charge in [0.05, 0.1) is 23.1 Å². The first kappa shape index (κ1) is 30.8. The van der Waals surface area contributed by atoms with Crippen molar-refractivity contribution in [1.29, 1.82) is 0 Å². The number of thiocarbonyl (C=S) groups is 1. The summed E-state index contributed by atoms with van der Waals surface area (Å²) >= 11 is 18.0. The van der Waals surface area contributed by atoms with Crippen molar-refractivity contribution in [1.82, 2.24) is 9.55 Å². The second-order valence-electron chi connectivity index (χ2n) is 8.67. The number of nitrogens with zero attached hydrogens (tertiary/aromatic N) is 3. The zero-order valence-electron chi connectivity index (χ0n) is 21.2. The molecule has 0 aliphatic heterocycles. The van der Waals surface area contributed by atoms with Crippen LogP contribution in [-0.4, -0.2) is 41.7 Å². The summed E-state index contributed by atoms with van der Waals surface area (Å²) in [5.74, 6) is -0.912. The summed E-state index contributed by atoms with van der Waals surface area (Å²) in [5.41, 5.74) is 1.72. The molecule has 0 fully saturated rings. The van der Waals surface area contributed by atoms with E-state index < -0.39 is 39.7 Å². The Kier molecular flexibility index (Phi) is 9.27. The van der Waals surface area contributed by atoms with Crippen molar-refractivity contribution in [3.63, 3.8) is 0 Å². The van der Waals surface area contributed by atoms with Gasteiger partial charge in [0.15, 0.2) is 0 Å². The molecule has 0 aliphatic rings. The van der Waals surface area contributed by atoms with Crippen LogP contribution < -0.4 is 9.08 Å². The largest absolute Gasteiger partial charge is 0.491 e. The highest BCUT2D eigenvalue weighted by Gasteiger charge is 2.42. The first-order chi connectivity index (χ1) is 19.3. The maximum atomic E-state index is 14.3. The lowest BCUT2D eigenvalue weighted by Gasteiger charge is -2.26. The summed E-state index contributed by atoms with van der Waals surface area (Å²) in [6.45, 7) is 0.786. The van der Waals surface area contributed by atoms with E-state index in [4.69, 9.17) is 39.6 Å². The topological polar surface area (TPSA) is 64.4 Å². The Morgan fingerprint density at radius 1 is 1.07 bits per heavy atom. The average Bonchev–Trinajstić information content (AvgIpc) is 3.24. The zero-order chi connectivity index (χ0) is 29.9. The molecule has 2 aromatic heterocycles. The van der Waals surface area contributed by atoms with Gasteiger partial charge in [-0.05, 0) is 74.0 Å². The number of hydrogen-bond acceptors (Lipinski definition) is 5. The van der Waals surface area contributed by atoms with E-state index in [1.54, 1.807) is 23.6 Å². The lowest BCUT2D eigenvalue weighted by atomic mass is 10.1. The minimum Gasteiger partial charge on any atom is -0.382 e. The molecule has 0 unspecified atom stereocenters. The van der Waals surface area contributed by atoms with Gasteiger partial charge in [0.1, 0.15) is 16.6 Å². The fourth-order valence-corrected chi connectivity index (χ4v) is 5.94. The molecule has 41 heavy (non-hydrogen) atoms. The van der Waals surface area contributed by atoms with Crippen molar-refractivity contribution < 1.29 is 30.2 Å². The number of benzene rings is 2.